The number of hydrogen-bond acceptors (Lipinski definition) is 4. The molecule has 34 heavy (non-hydrogen) atoms. The predicted octanol–water partition coefficient (Wildman–Crippen LogP) is 6.26. The predicted molar refractivity (Wildman–Crippen MR) is 124 cm³/mol. The highest BCUT2D eigenvalue weighted by Gasteiger charge is 2.45. The summed E-state index contributed by atoms with van der Waals surface area (Å²) in [5, 5.41) is 10.2. The van der Waals surface area contributed by atoms with Crippen LogP contribution in [0.25, 0.3) is 0 Å². The first-order valence-electron chi connectivity index (χ1n) is 11.0. The third-order valence-corrected chi connectivity index (χ3v) is 6.58. The van der Waals surface area contributed by atoms with Gasteiger partial charge in [-0.1, -0.05) is 37.6 Å². The average Bonchev–Trinajstić information content (AvgIpc) is 2.73. The van der Waals surface area contributed by atoms with Crippen molar-refractivity contribution in [2.24, 2.45) is 11.1 Å². The Morgan fingerprint density at radius 1 is 1.09 bits per heavy atom. The minimum Gasteiger partial charge on any atom is -0.384 e. The molecule has 1 aliphatic heterocycles. The molecule has 0 saturated heterocycles. The van der Waals surface area contributed by atoms with Gasteiger partial charge in [-0.05, 0) is 61.1 Å². The van der Waals surface area contributed by atoms with Crippen LogP contribution in [0.5, 0.6) is 0 Å². The fourth-order valence-corrected chi connectivity index (χ4v) is 4.99. The molecule has 0 bridgehead atoms. The minimum atomic E-state index is -4.47. The Morgan fingerprint density at radius 2 is 1.74 bits per heavy atom. The van der Waals surface area contributed by atoms with Gasteiger partial charge in [0.2, 0.25) is 0 Å². The molecule has 0 aromatic heterocycles. The lowest BCUT2D eigenvalue weighted by molar-refractivity contribution is -0.137. The lowest BCUT2D eigenvalue weighted by atomic mass is 9.68. The van der Waals surface area contributed by atoms with E-state index in [1.165, 1.54) is 12.1 Å². The SMILES string of the molecule is Cc1ccc(C)c(C2C(C#N)=C(N)N(c3ccc(C(F)(F)F)cc3)C3=C2C(=O)CC(C)(C)C3)c1. The fraction of sp³-hybridized carbons (Fsp3) is 0.333. The molecule has 0 spiro atoms. The molecule has 7 heteroatoms. The van der Waals surface area contributed by atoms with Gasteiger partial charge in [0.15, 0.2) is 5.78 Å². The second-order valence-electron chi connectivity index (χ2n) is 9.89. The summed E-state index contributed by atoms with van der Waals surface area (Å²) < 4.78 is 39.4. The molecule has 176 valence electrons. The third-order valence-electron chi connectivity index (χ3n) is 6.58. The van der Waals surface area contributed by atoms with E-state index in [0.717, 1.165) is 28.8 Å². The van der Waals surface area contributed by atoms with Gasteiger partial charge in [0.05, 0.1) is 23.1 Å². The molecule has 0 saturated carbocycles. The third kappa shape index (κ3) is 3.98. The van der Waals surface area contributed by atoms with E-state index in [-0.39, 0.29) is 22.6 Å². The number of anilines is 1. The maximum absolute atomic E-state index is 13.5. The largest absolute Gasteiger partial charge is 0.416 e. The van der Waals surface area contributed by atoms with Gasteiger partial charge in [-0.25, -0.2) is 0 Å². The quantitative estimate of drug-likeness (QED) is 0.568. The van der Waals surface area contributed by atoms with E-state index in [9.17, 15) is 23.2 Å². The molecule has 4 rings (SSSR count). The van der Waals surface area contributed by atoms with Crippen molar-refractivity contribution in [1.82, 2.24) is 0 Å². The zero-order valence-corrected chi connectivity index (χ0v) is 19.5. The summed E-state index contributed by atoms with van der Waals surface area (Å²) in [6.07, 6.45) is -3.66. The molecular weight excluding hydrogens is 439 g/mol. The summed E-state index contributed by atoms with van der Waals surface area (Å²) in [6.45, 7) is 7.83. The van der Waals surface area contributed by atoms with Crippen LogP contribution in [0.4, 0.5) is 18.9 Å². The molecule has 2 N–H and O–H groups in total. The summed E-state index contributed by atoms with van der Waals surface area (Å²) in [5.41, 5.74) is 9.93. The van der Waals surface area contributed by atoms with E-state index in [2.05, 4.69) is 6.07 Å². The number of benzene rings is 2. The molecule has 0 amide bonds. The number of hydrogen-bond donors (Lipinski definition) is 1. The number of carbonyl (C=O) groups is 1. The van der Waals surface area contributed by atoms with Crippen LogP contribution in [0, 0.1) is 30.6 Å². The lowest BCUT2D eigenvalue weighted by Crippen LogP contribution is -2.42. The van der Waals surface area contributed by atoms with Crippen LogP contribution in [-0.2, 0) is 11.0 Å². The average molecular weight is 466 g/mol. The van der Waals surface area contributed by atoms with Crippen LogP contribution in [0.3, 0.4) is 0 Å². The number of halogens is 3. The number of ketones is 1. The van der Waals surface area contributed by atoms with E-state index in [0.29, 0.717) is 29.8 Å². The monoisotopic (exact) mass is 465 g/mol. The van der Waals surface area contributed by atoms with Crippen LogP contribution in [0.2, 0.25) is 0 Å². The van der Waals surface area contributed by atoms with Crippen LogP contribution in [0.1, 0.15) is 54.9 Å². The Hall–Kier alpha value is -3.53. The van der Waals surface area contributed by atoms with Crippen molar-refractivity contribution < 1.29 is 18.0 Å². The minimum absolute atomic E-state index is 0.0747. The van der Waals surface area contributed by atoms with Gasteiger partial charge in [0.1, 0.15) is 5.82 Å². The summed E-state index contributed by atoms with van der Waals surface area (Å²) >= 11 is 0. The molecule has 4 nitrogen and oxygen atoms in total. The van der Waals surface area contributed by atoms with Gasteiger partial charge in [-0.15, -0.1) is 0 Å². The zero-order chi connectivity index (χ0) is 25.0. The van der Waals surface area contributed by atoms with Gasteiger partial charge in [-0.2, -0.15) is 18.4 Å². The molecular formula is C27H26F3N3O. The maximum Gasteiger partial charge on any atom is 0.416 e. The van der Waals surface area contributed by atoms with Gasteiger partial charge in [0, 0.05) is 23.4 Å². The summed E-state index contributed by atoms with van der Waals surface area (Å²) in [4.78, 5) is 15.1. The van der Waals surface area contributed by atoms with E-state index >= 15 is 0 Å². The van der Waals surface area contributed by atoms with E-state index in [1.54, 1.807) is 4.90 Å². The summed E-state index contributed by atoms with van der Waals surface area (Å²) in [7, 11) is 0. The maximum atomic E-state index is 13.5. The van der Waals surface area contributed by atoms with Crippen LogP contribution >= 0.6 is 0 Å². The highest BCUT2D eigenvalue weighted by molar-refractivity contribution is 6.01. The van der Waals surface area contributed by atoms with Crippen molar-refractivity contribution in [3.05, 3.63) is 87.4 Å². The van der Waals surface area contributed by atoms with Crippen molar-refractivity contribution in [3.8, 4) is 6.07 Å². The second-order valence-corrected chi connectivity index (χ2v) is 9.89. The van der Waals surface area contributed by atoms with Gasteiger partial charge in [0.25, 0.3) is 0 Å². The van der Waals surface area contributed by atoms with Gasteiger partial charge < -0.3 is 5.73 Å². The van der Waals surface area contributed by atoms with Crippen molar-refractivity contribution in [3.63, 3.8) is 0 Å². The number of rotatable bonds is 2. The highest BCUT2D eigenvalue weighted by atomic mass is 19.4. The molecule has 2 aromatic carbocycles. The van der Waals surface area contributed by atoms with E-state index in [4.69, 9.17) is 5.73 Å². The molecule has 1 atom stereocenters. The highest BCUT2D eigenvalue weighted by Crippen LogP contribution is 2.50. The molecule has 1 unspecified atom stereocenters. The standard InChI is InChI=1S/C27H26F3N3O/c1-15-5-6-16(2)19(11-15)23-20(14-31)25(32)33(18-9-7-17(8-10-18)27(28,29)30)21-12-26(3,4)13-22(34)24(21)23/h5-11,23H,12-13,32H2,1-4H3. The number of nitrogens with two attached hydrogens (primary N) is 1. The van der Waals surface area contributed by atoms with Crippen LogP contribution in [0.15, 0.2) is 65.1 Å². The number of aryl methyl sites for hydroxylation is 2. The van der Waals surface area contributed by atoms with E-state index in [1.807, 2.05) is 45.9 Å². The fourth-order valence-electron chi connectivity index (χ4n) is 4.99. The summed E-state index contributed by atoms with van der Waals surface area (Å²) in [6, 6.07) is 12.7. The number of nitrogens with zero attached hydrogens (tertiary/aromatic N) is 2. The molecule has 1 aliphatic carbocycles. The molecule has 1 heterocycles. The Morgan fingerprint density at radius 3 is 2.32 bits per heavy atom. The number of nitriles is 1. The summed E-state index contributed by atoms with van der Waals surface area (Å²) in [5.74, 6) is -0.555. The molecule has 0 fully saturated rings. The number of allylic oxidation sites excluding steroid dienone is 3. The Labute approximate surface area is 197 Å². The van der Waals surface area contributed by atoms with Gasteiger partial charge in [-0.3, -0.25) is 9.69 Å². The Kier molecular flexibility index (Phi) is 5.59. The first kappa shape index (κ1) is 23.6. The number of carbonyl (C=O) groups excluding carboxylic acids is 1. The van der Waals surface area contributed by atoms with Crippen molar-refractivity contribution in [2.75, 3.05) is 4.90 Å². The number of alkyl halides is 3. The van der Waals surface area contributed by atoms with Crippen LogP contribution in [-0.4, -0.2) is 5.78 Å². The second kappa shape index (κ2) is 8.05. The number of Topliss-reactive ketones (excluding diaryl/α,β-unsaturated/α-hetero) is 1. The van der Waals surface area contributed by atoms with Crippen molar-refractivity contribution in [1.29, 1.82) is 5.26 Å². The Bertz CT molecular complexity index is 1280. The lowest BCUT2D eigenvalue weighted by Gasteiger charge is -2.44. The molecule has 2 aliphatic rings. The van der Waals surface area contributed by atoms with Crippen LogP contribution < -0.4 is 10.6 Å². The van der Waals surface area contributed by atoms with Crippen molar-refractivity contribution >= 4 is 11.5 Å². The first-order valence-corrected chi connectivity index (χ1v) is 11.0. The van der Waals surface area contributed by atoms with Crippen molar-refractivity contribution in [2.45, 2.75) is 52.6 Å². The zero-order valence-electron chi connectivity index (χ0n) is 19.5. The molecule has 0 radical (unpaired) electrons. The molecule has 2 aromatic rings. The normalized spacial score (nSPS) is 20.4. The first-order chi connectivity index (χ1) is 15.8. The smallest absolute Gasteiger partial charge is 0.384 e. The van der Waals surface area contributed by atoms with Gasteiger partial charge >= 0.3 is 6.18 Å². The van der Waals surface area contributed by atoms with E-state index < -0.39 is 17.7 Å². The Balaban J connectivity index is 1.98. The topological polar surface area (TPSA) is 70.1 Å².